The number of anilines is 2. The van der Waals surface area contributed by atoms with Gasteiger partial charge in [0.25, 0.3) is 0 Å². The van der Waals surface area contributed by atoms with Gasteiger partial charge in [0.15, 0.2) is 0 Å². The third-order valence-electron chi connectivity index (χ3n) is 4.35. The van der Waals surface area contributed by atoms with Gasteiger partial charge < -0.3 is 9.80 Å². The van der Waals surface area contributed by atoms with Crippen LogP contribution in [0.15, 0.2) is 36.7 Å². The van der Waals surface area contributed by atoms with Crippen LogP contribution in [0.5, 0.6) is 0 Å². The van der Waals surface area contributed by atoms with Crippen LogP contribution in [-0.2, 0) is 0 Å². The molecular formula is C16H19N5. The summed E-state index contributed by atoms with van der Waals surface area (Å²) >= 11 is 0. The lowest BCUT2D eigenvalue weighted by Gasteiger charge is -2.45. The maximum atomic E-state index is 4.72. The summed E-state index contributed by atoms with van der Waals surface area (Å²) in [5.41, 5.74) is 0. The summed E-state index contributed by atoms with van der Waals surface area (Å²) in [5.74, 6) is 3.71. The van der Waals surface area contributed by atoms with Gasteiger partial charge >= 0.3 is 0 Å². The van der Waals surface area contributed by atoms with E-state index in [1.807, 2.05) is 30.6 Å². The number of aromatic nitrogens is 3. The van der Waals surface area contributed by atoms with E-state index < -0.39 is 0 Å². The van der Waals surface area contributed by atoms with E-state index in [1.54, 1.807) is 0 Å². The largest absolute Gasteiger partial charge is 0.353 e. The Morgan fingerprint density at radius 2 is 1.95 bits per heavy atom. The predicted octanol–water partition coefficient (Wildman–Crippen LogP) is 2.07. The maximum Gasteiger partial charge on any atom is 0.133 e. The van der Waals surface area contributed by atoms with E-state index in [-0.39, 0.29) is 0 Å². The summed E-state index contributed by atoms with van der Waals surface area (Å²) in [6.07, 6.45) is 6.22. The summed E-state index contributed by atoms with van der Waals surface area (Å²) in [5, 5.41) is 0. The zero-order valence-electron chi connectivity index (χ0n) is 12.2. The van der Waals surface area contributed by atoms with E-state index in [0.717, 1.165) is 30.5 Å². The van der Waals surface area contributed by atoms with Crippen molar-refractivity contribution < 1.29 is 0 Å². The van der Waals surface area contributed by atoms with Crippen LogP contribution in [0.4, 0.5) is 11.6 Å². The Bertz CT molecular complexity index is 620. The quantitative estimate of drug-likeness (QED) is 0.858. The van der Waals surface area contributed by atoms with Gasteiger partial charge in [-0.25, -0.2) is 15.0 Å². The Kier molecular flexibility index (Phi) is 2.98. The number of likely N-dealkylation sites (N-methyl/N-ethyl adjacent to an activating group) is 1. The molecule has 0 unspecified atom stereocenters. The minimum atomic E-state index is 0.494. The highest BCUT2D eigenvalue weighted by Crippen LogP contribution is 2.38. The van der Waals surface area contributed by atoms with Crippen molar-refractivity contribution in [2.75, 3.05) is 29.9 Å². The van der Waals surface area contributed by atoms with Crippen molar-refractivity contribution in [3.8, 4) is 0 Å². The van der Waals surface area contributed by atoms with E-state index in [4.69, 9.17) is 4.98 Å². The molecule has 108 valence electrons. The van der Waals surface area contributed by atoms with Crippen LogP contribution in [-0.4, -0.2) is 41.1 Å². The molecule has 0 radical (unpaired) electrons. The van der Waals surface area contributed by atoms with Crippen molar-refractivity contribution in [1.82, 2.24) is 15.0 Å². The predicted molar refractivity (Wildman–Crippen MR) is 82.6 cm³/mol. The Morgan fingerprint density at radius 1 is 1.10 bits per heavy atom. The standard InChI is InChI=1S/C16H19N5/c1-20(15-7-9-18-16(19-15)12-5-6-12)13-10-21(11-13)14-4-2-3-8-17-14/h2-4,7-9,12-13H,5-6,10-11H2,1H3. The molecule has 4 rings (SSSR count). The molecule has 1 saturated carbocycles. The Hall–Kier alpha value is -2.17. The SMILES string of the molecule is CN(c1ccnc(C2CC2)n1)C1CN(c2ccccn2)C1. The molecule has 0 spiro atoms. The average Bonchev–Trinajstić information content (AvgIpc) is 3.31. The van der Waals surface area contributed by atoms with E-state index in [2.05, 4.69) is 32.9 Å². The zero-order valence-corrected chi connectivity index (χ0v) is 12.2. The van der Waals surface area contributed by atoms with Crippen LogP contribution in [0, 0.1) is 0 Å². The molecule has 2 aliphatic rings. The molecule has 3 heterocycles. The van der Waals surface area contributed by atoms with E-state index >= 15 is 0 Å². The number of hydrogen-bond acceptors (Lipinski definition) is 5. The zero-order chi connectivity index (χ0) is 14.2. The number of nitrogens with zero attached hydrogens (tertiary/aromatic N) is 5. The molecule has 0 bridgehead atoms. The minimum Gasteiger partial charge on any atom is -0.353 e. The highest BCUT2D eigenvalue weighted by molar-refractivity contribution is 5.47. The smallest absolute Gasteiger partial charge is 0.133 e. The number of hydrogen-bond donors (Lipinski definition) is 0. The average molecular weight is 281 g/mol. The molecule has 1 aliphatic heterocycles. The lowest BCUT2D eigenvalue weighted by Crippen LogP contribution is -2.59. The molecule has 0 atom stereocenters. The van der Waals surface area contributed by atoms with Crippen LogP contribution >= 0.6 is 0 Å². The van der Waals surface area contributed by atoms with Crippen LogP contribution in [0.1, 0.15) is 24.6 Å². The van der Waals surface area contributed by atoms with Gasteiger partial charge in [-0.05, 0) is 31.0 Å². The van der Waals surface area contributed by atoms with Crippen molar-refractivity contribution in [1.29, 1.82) is 0 Å². The molecule has 5 heteroatoms. The molecule has 0 amide bonds. The Morgan fingerprint density at radius 3 is 2.67 bits per heavy atom. The third kappa shape index (κ3) is 2.44. The second-order valence-electron chi connectivity index (χ2n) is 5.90. The number of rotatable bonds is 4. The highest BCUT2D eigenvalue weighted by atomic mass is 15.3. The molecule has 1 aliphatic carbocycles. The minimum absolute atomic E-state index is 0.494. The van der Waals surface area contributed by atoms with Gasteiger partial charge in [-0.2, -0.15) is 0 Å². The Labute approximate surface area is 124 Å². The first-order chi connectivity index (χ1) is 10.3. The lowest BCUT2D eigenvalue weighted by atomic mass is 10.1. The van der Waals surface area contributed by atoms with E-state index in [0.29, 0.717) is 12.0 Å². The van der Waals surface area contributed by atoms with Gasteiger partial charge in [0.1, 0.15) is 17.5 Å². The van der Waals surface area contributed by atoms with Crippen molar-refractivity contribution in [3.05, 3.63) is 42.5 Å². The second kappa shape index (κ2) is 4.98. The van der Waals surface area contributed by atoms with Crippen LogP contribution in [0.25, 0.3) is 0 Å². The molecule has 2 fully saturated rings. The van der Waals surface area contributed by atoms with Gasteiger partial charge in [-0.15, -0.1) is 0 Å². The van der Waals surface area contributed by atoms with Gasteiger partial charge in [0.05, 0.1) is 6.04 Å². The lowest BCUT2D eigenvalue weighted by molar-refractivity contribution is 0.489. The van der Waals surface area contributed by atoms with E-state index in [1.165, 1.54) is 12.8 Å². The molecular weight excluding hydrogens is 262 g/mol. The number of pyridine rings is 1. The van der Waals surface area contributed by atoms with Gasteiger partial charge in [0.2, 0.25) is 0 Å². The molecule has 1 saturated heterocycles. The maximum absolute atomic E-state index is 4.72. The summed E-state index contributed by atoms with van der Waals surface area (Å²) in [7, 11) is 2.12. The fraction of sp³-hybridized carbons (Fsp3) is 0.438. The fourth-order valence-electron chi connectivity index (χ4n) is 2.71. The molecule has 5 nitrogen and oxygen atoms in total. The molecule has 0 N–H and O–H groups in total. The topological polar surface area (TPSA) is 45.2 Å². The van der Waals surface area contributed by atoms with Crippen molar-refractivity contribution in [2.24, 2.45) is 0 Å². The summed E-state index contributed by atoms with van der Waals surface area (Å²) in [6.45, 7) is 1.99. The third-order valence-corrected chi connectivity index (χ3v) is 4.35. The summed E-state index contributed by atoms with van der Waals surface area (Å²) < 4.78 is 0. The van der Waals surface area contributed by atoms with Crippen LogP contribution < -0.4 is 9.80 Å². The summed E-state index contributed by atoms with van der Waals surface area (Å²) in [4.78, 5) is 18.1. The highest BCUT2D eigenvalue weighted by Gasteiger charge is 2.32. The first kappa shape index (κ1) is 12.6. The first-order valence-corrected chi connectivity index (χ1v) is 7.53. The van der Waals surface area contributed by atoms with Crippen molar-refractivity contribution in [3.63, 3.8) is 0 Å². The molecule has 2 aromatic heterocycles. The van der Waals surface area contributed by atoms with Gasteiger partial charge in [-0.3, -0.25) is 0 Å². The van der Waals surface area contributed by atoms with Crippen LogP contribution in [0.2, 0.25) is 0 Å². The van der Waals surface area contributed by atoms with Gasteiger partial charge in [0, 0.05) is 38.4 Å². The van der Waals surface area contributed by atoms with Crippen molar-refractivity contribution >= 4 is 11.6 Å². The summed E-state index contributed by atoms with van der Waals surface area (Å²) in [6, 6.07) is 8.55. The first-order valence-electron chi connectivity index (χ1n) is 7.53. The normalized spacial score (nSPS) is 18.4. The Balaban J connectivity index is 1.42. The monoisotopic (exact) mass is 281 g/mol. The van der Waals surface area contributed by atoms with Crippen LogP contribution in [0.3, 0.4) is 0 Å². The van der Waals surface area contributed by atoms with Gasteiger partial charge in [-0.1, -0.05) is 6.07 Å². The molecule has 2 aromatic rings. The molecule has 21 heavy (non-hydrogen) atoms. The second-order valence-corrected chi connectivity index (χ2v) is 5.90. The fourth-order valence-corrected chi connectivity index (χ4v) is 2.71. The van der Waals surface area contributed by atoms with Crippen molar-refractivity contribution in [2.45, 2.75) is 24.8 Å². The molecule has 0 aromatic carbocycles. The van der Waals surface area contributed by atoms with E-state index in [9.17, 15) is 0 Å².